The van der Waals surface area contributed by atoms with Crippen molar-refractivity contribution in [3.05, 3.63) is 76.9 Å². The highest BCUT2D eigenvalue weighted by Gasteiger charge is 2.30. The van der Waals surface area contributed by atoms with Crippen LogP contribution in [0.3, 0.4) is 0 Å². The van der Waals surface area contributed by atoms with Crippen LogP contribution in [-0.2, 0) is 17.8 Å². The molecule has 36 heavy (non-hydrogen) atoms. The van der Waals surface area contributed by atoms with Crippen molar-refractivity contribution in [2.45, 2.75) is 39.0 Å². The summed E-state index contributed by atoms with van der Waals surface area (Å²) in [4.78, 5) is 11.1. The second-order valence-electron chi connectivity index (χ2n) is 9.28. The Morgan fingerprint density at radius 2 is 1.89 bits per heavy atom. The maximum atomic E-state index is 11.1. The SMILES string of the molecule is CC(=O)NCCN[C@H]1c2ccc(OCc3cccc(-c4ccc5c(c4)OCCO5)c3C)cc2C[C@@H]1O. The number of aliphatic hydroxyl groups excluding tert-OH is 1. The van der Waals surface area contributed by atoms with Gasteiger partial charge in [0.15, 0.2) is 11.5 Å². The van der Waals surface area contributed by atoms with Gasteiger partial charge in [0.1, 0.15) is 25.6 Å². The minimum absolute atomic E-state index is 0.0574. The monoisotopic (exact) mass is 488 g/mol. The summed E-state index contributed by atoms with van der Waals surface area (Å²) in [6.07, 6.45) is 0.0701. The Kier molecular flexibility index (Phi) is 7.11. The van der Waals surface area contributed by atoms with Gasteiger partial charge in [-0.1, -0.05) is 30.3 Å². The van der Waals surface area contributed by atoms with Gasteiger partial charge >= 0.3 is 0 Å². The Morgan fingerprint density at radius 3 is 2.72 bits per heavy atom. The number of hydrogen-bond donors (Lipinski definition) is 3. The zero-order valence-electron chi connectivity index (χ0n) is 20.7. The van der Waals surface area contributed by atoms with Crippen molar-refractivity contribution < 1.29 is 24.1 Å². The lowest BCUT2D eigenvalue weighted by molar-refractivity contribution is -0.118. The van der Waals surface area contributed by atoms with E-state index in [1.807, 2.05) is 36.4 Å². The molecule has 0 aromatic heterocycles. The standard InChI is InChI=1S/C29H32N2O5/c1-18-21(4-3-5-24(18)20-6-9-27-28(16-20)35-13-12-34-27)17-36-23-7-8-25-22(14-23)15-26(33)29(25)31-11-10-30-19(2)32/h3-9,14,16,26,29,31,33H,10-13,15,17H2,1-2H3,(H,30,32)/t26-,29-/m0/s1. The minimum Gasteiger partial charge on any atom is -0.489 e. The van der Waals surface area contributed by atoms with Crippen molar-refractivity contribution in [1.29, 1.82) is 0 Å². The molecule has 0 radical (unpaired) electrons. The van der Waals surface area contributed by atoms with Crippen LogP contribution in [-0.4, -0.2) is 43.4 Å². The van der Waals surface area contributed by atoms with Crippen LogP contribution < -0.4 is 24.8 Å². The fourth-order valence-corrected chi connectivity index (χ4v) is 4.94. The number of fused-ring (bicyclic) bond motifs is 2. The van der Waals surface area contributed by atoms with Gasteiger partial charge in [0.05, 0.1) is 12.1 Å². The molecule has 2 aliphatic rings. The summed E-state index contributed by atoms with van der Waals surface area (Å²) in [5, 5.41) is 16.7. The average molecular weight is 489 g/mol. The van der Waals surface area contributed by atoms with Gasteiger partial charge in [-0.3, -0.25) is 4.79 Å². The molecule has 0 bridgehead atoms. The number of carbonyl (C=O) groups excluding carboxylic acids is 1. The van der Waals surface area contributed by atoms with Gasteiger partial charge in [0.25, 0.3) is 0 Å². The van der Waals surface area contributed by atoms with E-state index in [1.54, 1.807) is 0 Å². The van der Waals surface area contributed by atoms with Crippen LogP contribution in [0.15, 0.2) is 54.6 Å². The first-order valence-electron chi connectivity index (χ1n) is 12.4. The van der Waals surface area contributed by atoms with Crippen molar-refractivity contribution in [1.82, 2.24) is 10.6 Å². The molecule has 3 aromatic carbocycles. The second-order valence-corrected chi connectivity index (χ2v) is 9.28. The van der Waals surface area contributed by atoms with E-state index >= 15 is 0 Å². The Labute approximate surface area is 211 Å². The van der Waals surface area contributed by atoms with Crippen molar-refractivity contribution in [2.75, 3.05) is 26.3 Å². The number of aliphatic hydroxyl groups is 1. The van der Waals surface area contributed by atoms with E-state index in [0.29, 0.717) is 39.3 Å². The second kappa shape index (κ2) is 10.6. The molecule has 0 spiro atoms. The maximum Gasteiger partial charge on any atom is 0.216 e. The normalized spacial score (nSPS) is 18.0. The van der Waals surface area contributed by atoms with Crippen molar-refractivity contribution in [2.24, 2.45) is 0 Å². The van der Waals surface area contributed by atoms with Gasteiger partial charge in [-0.05, 0) is 64.6 Å². The molecule has 7 nitrogen and oxygen atoms in total. The number of benzene rings is 3. The molecule has 2 atom stereocenters. The largest absolute Gasteiger partial charge is 0.489 e. The maximum absolute atomic E-state index is 11.1. The van der Waals surface area contributed by atoms with Gasteiger partial charge in [-0.15, -0.1) is 0 Å². The third-order valence-electron chi connectivity index (χ3n) is 6.82. The van der Waals surface area contributed by atoms with Gasteiger partial charge < -0.3 is 30.0 Å². The molecule has 1 aliphatic heterocycles. The summed E-state index contributed by atoms with van der Waals surface area (Å²) in [7, 11) is 0. The third-order valence-corrected chi connectivity index (χ3v) is 6.82. The van der Waals surface area contributed by atoms with E-state index in [-0.39, 0.29) is 11.9 Å². The van der Waals surface area contributed by atoms with Gasteiger partial charge in [-0.25, -0.2) is 0 Å². The molecule has 5 rings (SSSR count). The highest BCUT2D eigenvalue weighted by Crippen LogP contribution is 2.37. The van der Waals surface area contributed by atoms with Crippen LogP contribution in [0.4, 0.5) is 0 Å². The minimum atomic E-state index is -0.502. The quantitative estimate of drug-likeness (QED) is 0.419. The van der Waals surface area contributed by atoms with Crippen molar-refractivity contribution in [3.63, 3.8) is 0 Å². The van der Waals surface area contributed by atoms with Gasteiger partial charge in [0.2, 0.25) is 5.91 Å². The average Bonchev–Trinajstić information content (AvgIpc) is 3.19. The van der Waals surface area contributed by atoms with Crippen LogP contribution in [0.25, 0.3) is 11.1 Å². The van der Waals surface area contributed by atoms with E-state index < -0.39 is 6.10 Å². The first kappa shape index (κ1) is 24.2. The van der Waals surface area contributed by atoms with E-state index in [0.717, 1.165) is 50.6 Å². The van der Waals surface area contributed by atoms with E-state index in [9.17, 15) is 9.90 Å². The lowest BCUT2D eigenvalue weighted by Gasteiger charge is -2.20. The first-order chi connectivity index (χ1) is 17.5. The number of ether oxygens (including phenoxy) is 3. The Bertz CT molecular complexity index is 1260. The van der Waals surface area contributed by atoms with Gasteiger partial charge in [-0.2, -0.15) is 0 Å². The third kappa shape index (κ3) is 5.17. The lowest BCUT2D eigenvalue weighted by atomic mass is 9.96. The summed E-state index contributed by atoms with van der Waals surface area (Å²) in [6, 6.07) is 18.2. The number of nitrogens with one attached hydrogen (secondary N) is 2. The Morgan fingerprint density at radius 1 is 1.06 bits per heavy atom. The van der Waals surface area contributed by atoms with Gasteiger partial charge in [0, 0.05) is 26.4 Å². The van der Waals surface area contributed by atoms with Crippen LogP contribution in [0.2, 0.25) is 0 Å². The smallest absolute Gasteiger partial charge is 0.216 e. The zero-order chi connectivity index (χ0) is 25.1. The summed E-state index contributed by atoms with van der Waals surface area (Å²) < 4.78 is 17.6. The summed E-state index contributed by atoms with van der Waals surface area (Å²) in [5.74, 6) is 2.29. The van der Waals surface area contributed by atoms with Crippen molar-refractivity contribution >= 4 is 5.91 Å². The molecule has 3 N–H and O–H groups in total. The molecule has 7 heteroatoms. The molecule has 188 valence electrons. The lowest BCUT2D eigenvalue weighted by Crippen LogP contribution is -2.35. The molecule has 0 fully saturated rings. The van der Waals surface area contributed by atoms with E-state index in [4.69, 9.17) is 14.2 Å². The number of carbonyl (C=O) groups is 1. The van der Waals surface area contributed by atoms with Crippen LogP contribution >= 0.6 is 0 Å². The molecule has 0 saturated carbocycles. The highest BCUT2D eigenvalue weighted by molar-refractivity contribution is 5.72. The molecule has 0 saturated heterocycles. The number of amides is 1. The van der Waals surface area contributed by atoms with E-state index in [2.05, 4.69) is 35.8 Å². The zero-order valence-corrected chi connectivity index (χ0v) is 20.7. The summed E-state index contributed by atoms with van der Waals surface area (Å²) in [6.45, 7) is 6.32. The predicted octanol–water partition coefficient (Wildman–Crippen LogP) is 3.70. The van der Waals surface area contributed by atoms with E-state index in [1.165, 1.54) is 6.92 Å². The summed E-state index contributed by atoms with van der Waals surface area (Å²) in [5.41, 5.74) is 6.66. The molecule has 1 heterocycles. The Hall–Kier alpha value is -3.55. The first-order valence-corrected chi connectivity index (χ1v) is 12.4. The molecule has 0 unspecified atom stereocenters. The summed E-state index contributed by atoms with van der Waals surface area (Å²) >= 11 is 0. The van der Waals surface area contributed by atoms with Crippen molar-refractivity contribution in [3.8, 4) is 28.4 Å². The molecular formula is C29H32N2O5. The molecule has 3 aromatic rings. The van der Waals surface area contributed by atoms with Crippen LogP contribution in [0.5, 0.6) is 17.2 Å². The topological polar surface area (TPSA) is 89.1 Å². The number of rotatable bonds is 8. The Balaban J connectivity index is 1.26. The predicted molar refractivity (Wildman–Crippen MR) is 138 cm³/mol. The highest BCUT2D eigenvalue weighted by atomic mass is 16.6. The fourth-order valence-electron chi connectivity index (χ4n) is 4.94. The molecule has 1 aliphatic carbocycles. The van der Waals surface area contributed by atoms with Crippen LogP contribution in [0, 0.1) is 6.92 Å². The fraction of sp³-hybridized carbons (Fsp3) is 0.345. The molecular weight excluding hydrogens is 456 g/mol. The number of hydrogen-bond acceptors (Lipinski definition) is 6. The van der Waals surface area contributed by atoms with Crippen LogP contribution in [0.1, 0.15) is 35.2 Å². The molecule has 1 amide bonds.